The first kappa shape index (κ1) is 22.5. The van der Waals surface area contributed by atoms with Crippen molar-refractivity contribution in [1.29, 1.82) is 0 Å². The van der Waals surface area contributed by atoms with Crippen LogP contribution >= 0.6 is 0 Å². The highest BCUT2D eigenvalue weighted by Crippen LogP contribution is 2.34. The van der Waals surface area contributed by atoms with Gasteiger partial charge in [0.05, 0.1) is 11.6 Å². The fourth-order valence-corrected chi connectivity index (χ4v) is 4.17. The van der Waals surface area contributed by atoms with E-state index >= 15 is 0 Å². The number of urea groups is 1. The number of aryl methyl sites for hydroxylation is 1. The average Bonchev–Trinajstić information content (AvgIpc) is 3.13. The summed E-state index contributed by atoms with van der Waals surface area (Å²) in [5.74, 6) is 1.34. The maximum Gasteiger partial charge on any atom is 0.320 e. The van der Waals surface area contributed by atoms with Gasteiger partial charge in [0.15, 0.2) is 5.65 Å². The van der Waals surface area contributed by atoms with Crippen LogP contribution in [0.4, 0.5) is 10.6 Å². The molecule has 2 aromatic rings. The summed E-state index contributed by atoms with van der Waals surface area (Å²) >= 11 is 0. The Kier molecular flexibility index (Phi) is 7.64. The number of hydrogen-bond acceptors (Lipinski definition) is 5. The summed E-state index contributed by atoms with van der Waals surface area (Å²) in [6.45, 7) is 14.1. The number of nitrogens with zero attached hydrogens (tertiary/aromatic N) is 5. The minimum absolute atomic E-state index is 0.250. The maximum atomic E-state index is 11.9. The zero-order valence-electron chi connectivity index (χ0n) is 18.9. The van der Waals surface area contributed by atoms with Gasteiger partial charge in [0.1, 0.15) is 12.1 Å². The highest BCUT2D eigenvalue weighted by atomic mass is 16.2. The molecule has 1 aliphatic rings. The second kappa shape index (κ2) is 10.2. The number of aromatic nitrogens is 4. The fourth-order valence-electron chi connectivity index (χ4n) is 4.17. The molecule has 8 heteroatoms. The van der Waals surface area contributed by atoms with Gasteiger partial charge < -0.3 is 10.2 Å². The Morgan fingerprint density at radius 2 is 1.90 bits per heavy atom. The van der Waals surface area contributed by atoms with Gasteiger partial charge in [-0.3, -0.25) is 5.32 Å². The van der Waals surface area contributed by atoms with E-state index in [9.17, 15) is 4.79 Å². The summed E-state index contributed by atoms with van der Waals surface area (Å²) in [4.78, 5) is 23.1. The van der Waals surface area contributed by atoms with Gasteiger partial charge in [-0.15, -0.1) is 0 Å². The Hall–Kier alpha value is -2.22. The summed E-state index contributed by atoms with van der Waals surface area (Å²) < 4.78 is 1.91. The van der Waals surface area contributed by atoms with Crippen LogP contribution in [0.2, 0.25) is 0 Å². The summed E-state index contributed by atoms with van der Waals surface area (Å²) in [6.07, 6.45) is 8.94. The molecule has 0 radical (unpaired) electrons. The number of piperidine rings is 1. The van der Waals surface area contributed by atoms with Crippen LogP contribution in [0, 0.1) is 11.3 Å². The van der Waals surface area contributed by atoms with E-state index in [1.165, 1.54) is 32.3 Å². The SMILES string of the molecule is CCCNC(=O)Nc1ncnc2c1cnn2CCCCN1CCC(C(C)(C)C)CC1. The molecule has 1 fully saturated rings. The van der Waals surface area contributed by atoms with E-state index in [0.29, 0.717) is 17.8 Å². The van der Waals surface area contributed by atoms with Crippen molar-refractivity contribution in [2.45, 2.75) is 66.3 Å². The molecule has 8 nitrogen and oxygen atoms in total. The number of rotatable bonds is 8. The zero-order valence-corrected chi connectivity index (χ0v) is 18.9. The maximum absolute atomic E-state index is 11.9. The molecule has 0 unspecified atom stereocenters. The first-order valence-electron chi connectivity index (χ1n) is 11.3. The number of nitrogens with one attached hydrogen (secondary N) is 2. The topological polar surface area (TPSA) is 88.0 Å². The Morgan fingerprint density at radius 3 is 2.60 bits per heavy atom. The molecule has 1 saturated heterocycles. The Balaban J connectivity index is 1.47. The average molecular weight is 416 g/mol. The minimum atomic E-state index is -0.250. The number of carbonyl (C=O) groups excluding carboxylic acids is 1. The molecular weight excluding hydrogens is 378 g/mol. The molecular formula is C22H37N7O. The molecule has 2 N–H and O–H groups in total. The van der Waals surface area contributed by atoms with Gasteiger partial charge in [-0.1, -0.05) is 27.7 Å². The predicted octanol–water partition coefficient (Wildman–Crippen LogP) is 3.90. The second-order valence-corrected chi connectivity index (χ2v) is 9.40. The zero-order chi connectivity index (χ0) is 21.6. The van der Waals surface area contributed by atoms with Crippen LogP contribution in [0.25, 0.3) is 11.0 Å². The van der Waals surface area contributed by atoms with Gasteiger partial charge in [0.25, 0.3) is 0 Å². The largest absolute Gasteiger partial charge is 0.338 e. The number of likely N-dealkylation sites (tertiary alicyclic amines) is 1. The fraction of sp³-hybridized carbons (Fsp3) is 0.727. The standard InChI is InChI=1S/C22H37N7O/c1-5-10-23-21(30)27-19-18-15-26-29(20(18)25-16-24-19)12-7-6-11-28-13-8-17(9-14-28)22(2,3)4/h15-17H,5-14H2,1-4H3,(H2,23,24,25,27,30). The number of carbonyl (C=O) groups is 1. The van der Waals surface area contributed by atoms with Gasteiger partial charge in [0, 0.05) is 13.1 Å². The van der Waals surface area contributed by atoms with Crippen molar-refractivity contribution in [3.8, 4) is 0 Å². The number of unbranched alkanes of at least 4 members (excludes halogenated alkanes) is 1. The highest BCUT2D eigenvalue weighted by molar-refractivity contribution is 5.97. The molecule has 0 aromatic carbocycles. The molecule has 3 heterocycles. The lowest BCUT2D eigenvalue weighted by atomic mass is 9.75. The van der Waals surface area contributed by atoms with E-state index in [-0.39, 0.29) is 6.03 Å². The summed E-state index contributed by atoms with van der Waals surface area (Å²) in [6, 6.07) is -0.250. The molecule has 0 saturated carbocycles. The molecule has 166 valence electrons. The molecule has 0 aliphatic carbocycles. The van der Waals surface area contributed by atoms with Crippen molar-refractivity contribution in [2.75, 3.05) is 31.5 Å². The van der Waals surface area contributed by atoms with Crippen molar-refractivity contribution in [1.82, 2.24) is 30.0 Å². The van der Waals surface area contributed by atoms with Crippen molar-refractivity contribution in [3.63, 3.8) is 0 Å². The third-order valence-electron chi connectivity index (χ3n) is 6.11. The van der Waals surface area contributed by atoms with E-state index in [2.05, 4.69) is 51.4 Å². The molecule has 1 aliphatic heterocycles. The predicted molar refractivity (Wildman–Crippen MR) is 120 cm³/mol. The normalized spacial score (nSPS) is 16.1. The van der Waals surface area contributed by atoms with Crippen molar-refractivity contribution >= 4 is 22.9 Å². The number of anilines is 1. The Morgan fingerprint density at radius 1 is 1.17 bits per heavy atom. The number of fused-ring (bicyclic) bond motifs is 1. The number of amides is 2. The third kappa shape index (κ3) is 5.90. The molecule has 3 rings (SSSR count). The van der Waals surface area contributed by atoms with Crippen molar-refractivity contribution < 1.29 is 4.79 Å². The van der Waals surface area contributed by atoms with Crippen LogP contribution in [0.15, 0.2) is 12.5 Å². The van der Waals surface area contributed by atoms with E-state index in [4.69, 9.17) is 0 Å². The highest BCUT2D eigenvalue weighted by Gasteiger charge is 2.28. The van der Waals surface area contributed by atoms with Crippen LogP contribution in [0.1, 0.15) is 59.8 Å². The van der Waals surface area contributed by atoms with E-state index in [0.717, 1.165) is 49.3 Å². The summed E-state index contributed by atoms with van der Waals surface area (Å²) in [7, 11) is 0. The number of hydrogen-bond donors (Lipinski definition) is 2. The smallest absolute Gasteiger partial charge is 0.320 e. The summed E-state index contributed by atoms with van der Waals surface area (Å²) in [5, 5.41) is 10.8. The Labute approximate surface area is 179 Å². The lowest BCUT2D eigenvalue weighted by Crippen LogP contribution is -2.38. The second-order valence-electron chi connectivity index (χ2n) is 9.40. The van der Waals surface area contributed by atoms with Crippen LogP contribution in [0.3, 0.4) is 0 Å². The van der Waals surface area contributed by atoms with Gasteiger partial charge >= 0.3 is 6.03 Å². The van der Waals surface area contributed by atoms with Crippen molar-refractivity contribution in [3.05, 3.63) is 12.5 Å². The monoisotopic (exact) mass is 415 g/mol. The van der Waals surface area contributed by atoms with Gasteiger partial charge in [-0.2, -0.15) is 5.10 Å². The lowest BCUT2D eigenvalue weighted by molar-refractivity contribution is 0.111. The molecule has 0 bridgehead atoms. The van der Waals surface area contributed by atoms with Crippen molar-refractivity contribution in [2.24, 2.45) is 11.3 Å². The first-order valence-corrected chi connectivity index (χ1v) is 11.3. The quantitative estimate of drug-likeness (QED) is 0.639. The third-order valence-corrected chi connectivity index (χ3v) is 6.11. The van der Waals surface area contributed by atoms with Crippen LogP contribution in [0.5, 0.6) is 0 Å². The molecule has 2 amide bonds. The van der Waals surface area contributed by atoms with Crippen LogP contribution < -0.4 is 10.6 Å². The Bertz CT molecular complexity index is 818. The van der Waals surface area contributed by atoms with Crippen LogP contribution in [-0.2, 0) is 6.54 Å². The molecule has 30 heavy (non-hydrogen) atoms. The molecule has 0 atom stereocenters. The lowest BCUT2D eigenvalue weighted by Gasteiger charge is -2.38. The minimum Gasteiger partial charge on any atom is -0.338 e. The molecule has 0 spiro atoms. The van der Waals surface area contributed by atoms with Gasteiger partial charge in [-0.05, 0) is 63.1 Å². The van der Waals surface area contributed by atoms with E-state index in [1.54, 1.807) is 6.20 Å². The summed E-state index contributed by atoms with van der Waals surface area (Å²) in [5.41, 5.74) is 1.20. The van der Waals surface area contributed by atoms with Gasteiger partial charge in [-0.25, -0.2) is 19.4 Å². The van der Waals surface area contributed by atoms with E-state index in [1.807, 2.05) is 11.6 Å². The first-order chi connectivity index (χ1) is 14.4. The van der Waals surface area contributed by atoms with Gasteiger partial charge in [0.2, 0.25) is 0 Å². The van der Waals surface area contributed by atoms with E-state index < -0.39 is 0 Å². The van der Waals surface area contributed by atoms with Crippen LogP contribution in [-0.4, -0.2) is 56.9 Å². The molecule has 2 aromatic heterocycles.